The number of nitrogens with zero attached hydrogens (tertiary/aromatic N) is 1. The molecule has 0 fully saturated rings. The van der Waals surface area contributed by atoms with E-state index in [0.29, 0.717) is 18.1 Å². The monoisotopic (exact) mass is 258 g/mol. The molecule has 0 atom stereocenters. The molecule has 2 nitrogen and oxygen atoms in total. The second kappa shape index (κ2) is 5.23. The van der Waals surface area contributed by atoms with Crippen molar-refractivity contribution in [1.82, 2.24) is 4.98 Å². The first kappa shape index (κ1) is 10.5. The zero-order chi connectivity index (χ0) is 9.68. The lowest BCUT2D eigenvalue weighted by atomic mass is 10.3. The summed E-state index contributed by atoms with van der Waals surface area (Å²) in [4.78, 5) is 3.94. The molecule has 0 unspecified atom stereocenters. The summed E-state index contributed by atoms with van der Waals surface area (Å²) in [5.74, 6) is 5.80. The zero-order valence-electron chi connectivity index (χ0n) is 6.85. The number of aromatic nitrogens is 1. The molecule has 0 aliphatic heterocycles. The molecule has 1 aromatic heterocycles. The van der Waals surface area contributed by atoms with E-state index in [9.17, 15) is 0 Å². The van der Waals surface area contributed by atoms with Crippen molar-refractivity contribution in [3.05, 3.63) is 27.5 Å². The van der Waals surface area contributed by atoms with Gasteiger partial charge in [-0.3, -0.25) is 0 Å². The van der Waals surface area contributed by atoms with Crippen molar-refractivity contribution in [3.8, 4) is 11.8 Å². The Morgan fingerprint density at radius 2 is 2.38 bits per heavy atom. The smallest absolute Gasteiger partial charge is 0.144 e. The highest BCUT2D eigenvalue weighted by molar-refractivity contribution is 9.10. The number of halogens is 2. The van der Waals surface area contributed by atoms with Crippen LogP contribution in [0.5, 0.6) is 0 Å². The van der Waals surface area contributed by atoms with Gasteiger partial charge in [0, 0.05) is 23.6 Å². The summed E-state index contributed by atoms with van der Waals surface area (Å²) in [6, 6.07) is 1.83. The minimum absolute atomic E-state index is 0.424. The second-order valence-corrected chi connectivity index (χ2v) is 3.61. The molecule has 1 heterocycles. The Morgan fingerprint density at radius 3 is 3.08 bits per heavy atom. The van der Waals surface area contributed by atoms with Crippen molar-refractivity contribution in [2.24, 2.45) is 5.73 Å². The van der Waals surface area contributed by atoms with Crippen molar-refractivity contribution in [2.45, 2.75) is 6.42 Å². The average molecular weight is 260 g/mol. The first-order valence-electron chi connectivity index (χ1n) is 3.74. The lowest BCUT2D eigenvalue weighted by molar-refractivity contribution is 1.03. The molecule has 0 amide bonds. The molecule has 0 bridgehead atoms. The number of hydrogen-bond donors (Lipinski definition) is 1. The van der Waals surface area contributed by atoms with E-state index in [1.54, 1.807) is 6.20 Å². The molecule has 0 saturated heterocycles. The molecule has 1 rings (SSSR count). The van der Waals surface area contributed by atoms with Gasteiger partial charge in [-0.1, -0.05) is 23.4 Å². The van der Waals surface area contributed by atoms with E-state index in [1.807, 2.05) is 6.07 Å². The minimum atomic E-state index is 0.424. The normalized spacial score (nSPS) is 9.15. The van der Waals surface area contributed by atoms with Crippen LogP contribution in [0.25, 0.3) is 0 Å². The summed E-state index contributed by atoms with van der Waals surface area (Å²) in [5, 5.41) is 0.424. The molecule has 2 N–H and O–H groups in total. The van der Waals surface area contributed by atoms with Gasteiger partial charge < -0.3 is 5.73 Å². The average Bonchev–Trinajstić information content (AvgIpc) is 2.11. The van der Waals surface area contributed by atoms with E-state index < -0.39 is 0 Å². The van der Waals surface area contributed by atoms with E-state index in [2.05, 4.69) is 32.8 Å². The first-order chi connectivity index (χ1) is 6.24. The van der Waals surface area contributed by atoms with Crippen molar-refractivity contribution in [2.75, 3.05) is 6.54 Å². The van der Waals surface area contributed by atoms with Crippen LogP contribution in [0, 0.1) is 11.8 Å². The van der Waals surface area contributed by atoms with Gasteiger partial charge in [-0.05, 0) is 22.0 Å². The van der Waals surface area contributed by atoms with E-state index >= 15 is 0 Å². The van der Waals surface area contributed by atoms with Crippen LogP contribution in [0.1, 0.15) is 12.0 Å². The summed E-state index contributed by atoms with van der Waals surface area (Å²) in [6.07, 6.45) is 2.30. The summed E-state index contributed by atoms with van der Waals surface area (Å²) < 4.78 is 0.869. The van der Waals surface area contributed by atoms with Gasteiger partial charge in [0.15, 0.2) is 0 Å². The SMILES string of the molecule is NCCC#Cc1cc(Br)cnc1Cl. The van der Waals surface area contributed by atoms with Gasteiger partial charge in [-0.2, -0.15) is 0 Å². The van der Waals surface area contributed by atoms with Gasteiger partial charge in [0.05, 0.1) is 5.56 Å². The van der Waals surface area contributed by atoms with Crippen molar-refractivity contribution >= 4 is 27.5 Å². The van der Waals surface area contributed by atoms with Crippen molar-refractivity contribution in [3.63, 3.8) is 0 Å². The summed E-state index contributed by atoms with van der Waals surface area (Å²) in [5.41, 5.74) is 6.03. The largest absolute Gasteiger partial charge is 0.330 e. The number of nitrogens with two attached hydrogens (primary N) is 1. The van der Waals surface area contributed by atoms with Crippen LogP contribution in [-0.4, -0.2) is 11.5 Å². The van der Waals surface area contributed by atoms with Gasteiger partial charge in [-0.25, -0.2) is 4.98 Å². The lowest BCUT2D eigenvalue weighted by Gasteiger charge is -1.94. The van der Waals surface area contributed by atoms with E-state index in [-0.39, 0.29) is 0 Å². The van der Waals surface area contributed by atoms with Gasteiger partial charge in [0.25, 0.3) is 0 Å². The summed E-state index contributed by atoms with van der Waals surface area (Å²) in [7, 11) is 0. The maximum atomic E-state index is 5.81. The predicted molar refractivity (Wildman–Crippen MR) is 57.5 cm³/mol. The Labute approximate surface area is 90.6 Å². The van der Waals surface area contributed by atoms with Crippen LogP contribution in [0.4, 0.5) is 0 Å². The number of hydrogen-bond acceptors (Lipinski definition) is 2. The molecule has 0 aromatic carbocycles. The van der Waals surface area contributed by atoms with Crippen molar-refractivity contribution in [1.29, 1.82) is 0 Å². The molecule has 1 aromatic rings. The minimum Gasteiger partial charge on any atom is -0.330 e. The third-order valence-electron chi connectivity index (χ3n) is 1.30. The van der Waals surface area contributed by atoms with E-state index in [4.69, 9.17) is 17.3 Å². The fourth-order valence-electron chi connectivity index (χ4n) is 0.740. The molecular formula is C9H8BrClN2. The van der Waals surface area contributed by atoms with Crippen LogP contribution in [0.15, 0.2) is 16.7 Å². The zero-order valence-corrected chi connectivity index (χ0v) is 9.19. The number of pyridine rings is 1. The Bertz CT molecular complexity index is 354. The third-order valence-corrected chi connectivity index (χ3v) is 2.03. The highest BCUT2D eigenvalue weighted by atomic mass is 79.9. The van der Waals surface area contributed by atoms with Crippen LogP contribution in [0.2, 0.25) is 5.15 Å². The Morgan fingerprint density at radius 1 is 1.62 bits per heavy atom. The van der Waals surface area contributed by atoms with Crippen LogP contribution >= 0.6 is 27.5 Å². The molecule has 0 aliphatic rings. The Kier molecular flexibility index (Phi) is 4.23. The molecule has 68 valence electrons. The van der Waals surface area contributed by atoms with Crippen LogP contribution in [0.3, 0.4) is 0 Å². The lowest BCUT2D eigenvalue weighted by Crippen LogP contribution is -1.95. The number of rotatable bonds is 1. The topological polar surface area (TPSA) is 38.9 Å². The molecule has 0 radical (unpaired) electrons. The van der Waals surface area contributed by atoms with Crippen LogP contribution < -0.4 is 5.73 Å². The quantitative estimate of drug-likeness (QED) is 0.620. The molecule has 0 aliphatic carbocycles. The summed E-state index contributed by atoms with van der Waals surface area (Å²) in [6.45, 7) is 0.562. The fraction of sp³-hybridized carbons (Fsp3) is 0.222. The standard InChI is InChI=1S/C9H8BrClN2/c10-8-5-7(3-1-2-4-12)9(11)13-6-8/h5-6H,2,4,12H2. The van der Waals surface area contributed by atoms with Gasteiger partial charge in [0.2, 0.25) is 0 Å². The highest BCUT2D eigenvalue weighted by Crippen LogP contribution is 2.16. The molecule has 13 heavy (non-hydrogen) atoms. The highest BCUT2D eigenvalue weighted by Gasteiger charge is 1.97. The van der Waals surface area contributed by atoms with E-state index in [1.165, 1.54) is 0 Å². The van der Waals surface area contributed by atoms with Crippen LogP contribution in [-0.2, 0) is 0 Å². The molecular weight excluding hydrogens is 251 g/mol. The summed E-state index contributed by atoms with van der Waals surface area (Å²) >= 11 is 9.10. The molecule has 0 spiro atoms. The fourth-order valence-corrected chi connectivity index (χ4v) is 1.22. The van der Waals surface area contributed by atoms with Gasteiger partial charge >= 0.3 is 0 Å². The predicted octanol–water partition coefficient (Wildman–Crippen LogP) is 2.20. The van der Waals surface area contributed by atoms with Gasteiger partial charge in [-0.15, -0.1) is 0 Å². The van der Waals surface area contributed by atoms with E-state index in [0.717, 1.165) is 10.0 Å². The second-order valence-electron chi connectivity index (χ2n) is 2.33. The third kappa shape index (κ3) is 3.35. The maximum Gasteiger partial charge on any atom is 0.144 e. The van der Waals surface area contributed by atoms with Gasteiger partial charge in [0.1, 0.15) is 5.15 Å². The first-order valence-corrected chi connectivity index (χ1v) is 4.91. The maximum absolute atomic E-state index is 5.81. The molecule has 0 saturated carbocycles. The molecule has 4 heteroatoms. The van der Waals surface area contributed by atoms with Crippen molar-refractivity contribution < 1.29 is 0 Å². The Balaban J connectivity index is 2.89. The Hall–Kier alpha value is -0.560.